The van der Waals surface area contributed by atoms with Crippen molar-refractivity contribution in [3.05, 3.63) is 29.6 Å². The van der Waals surface area contributed by atoms with E-state index in [-0.39, 0.29) is 5.82 Å². The molecule has 0 bridgehead atoms. The number of benzene rings is 1. The van der Waals surface area contributed by atoms with Gasteiger partial charge in [-0.3, -0.25) is 0 Å². The van der Waals surface area contributed by atoms with Crippen molar-refractivity contribution in [3.63, 3.8) is 0 Å². The van der Waals surface area contributed by atoms with Crippen molar-refractivity contribution in [2.75, 3.05) is 34.3 Å². The van der Waals surface area contributed by atoms with Crippen LogP contribution in [0.4, 0.5) is 4.39 Å². The van der Waals surface area contributed by atoms with E-state index < -0.39 is 0 Å². The molecule has 0 unspecified atom stereocenters. The zero-order valence-electron chi connectivity index (χ0n) is 10.8. The highest BCUT2D eigenvalue weighted by atomic mass is 19.1. The fraction of sp³-hybridized carbons (Fsp3) is 0.538. The first-order chi connectivity index (χ1) is 8.13. The molecule has 3 nitrogen and oxygen atoms in total. The van der Waals surface area contributed by atoms with E-state index in [2.05, 4.69) is 24.3 Å². The number of halogens is 1. The third kappa shape index (κ3) is 5.15. The first-order valence-corrected chi connectivity index (χ1v) is 5.81. The summed E-state index contributed by atoms with van der Waals surface area (Å²) in [6, 6.07) is 5.05. The topological polar surface area (TPSA) is 24.5 Å². The molecule has 0 saturated heterocycles. The molecular weight excluding hydrogens is 219 g/mol. The Hall–Kier alpha value is -1.13. The lowest BCUT2D eigenvalue weighted by atomic mass is 10.2. The third-order valence-corrected chi connectivity index (χ3v) is 2.50. The first kappa shape index (κ1) is 13.9. The zero-order valence-corrected chi connectivity index (χ0v) is 10.8. The van der Waals surface area contributed by atoms with E-state index in [0.717, 1.165) is 25.1 Å². The van der Waals surface area contributed by atoms with Gasteiger partial charge in [-0.25, -0.2) is 4.39 Å². The van der Waals surface area contributed by atoms with Crippen molar-refractivity contribution in [3.8, 4) is 5.75 Å². The first-order valence-electron chi connectivity index (χ1n) is 5.81. The van der Waals surface area contributed by atoms with Gasteiger partial charge in [0, 0.05) is 6.54 Å². The monoisotopic (exact) mass is 240 g/mol. The van der Waals surface area contributed by atoms with Crippen LogP contribution in [-0.2, 0) is 6.54 Å². The average molecular weight is 240 g/mol. The van der Waals surface area contributed by atoms with Crippen molar-refractivity contribution >= 4 is 0 Å². The normalized spacial score (nSPS) is 10.9. The van der Waals surface area contributed by atoms with Gasteiger partial charge in [0.25, 0.3) is 0 Å². The van der Waals surface area contributed by atoms with Gasteiger partial charge in [0.1, 0.15) is 0 Å². The lowest BCUT2D eigenvalue weighted by molar-refractivity contribution is 0.385. The molecule has 1 aromatic rings. The minimum Gasteiger partial charge on any atom is -0.494 e. The molecule has 0 aliphatic carbocycles. The smallest absolute Gasteiger partial charge is 0.165 e. The summed E-state index contributed by atoms with van der Waals surface area (Å²) in [5.74, 6) is -0.0125. The second-order valence-electron chi connectivity index (χ2n) is 4.30. The van der Waals surface area contributed by atoms with Crippen LogP contribution in [0, 0.1) is 5.82 Å². The summed E-state index contributed by atoms with van der Waals surface area (Å²) in [4.78, 5) is 2.15. The van der Waals surface area contributed by atoms with E-state index in [1.54, 1.807) is 6.07 Å². The van der Waals surface area contributed by atoms with E-state index in [9.17, 15) is 4.39 Å². The molecule has 1 rings (SSSR count). The summed E-state index contributed by atoms with van der Waals surface area (Å²) in [6.07, 6.45) is 1.09. The van der Waals surface area contributed by atoms with Crippen LogP contribution >= 0.6 is 0 Å². The van der Waals surface area contributed by atoms with Crippen LogP contribution in [-0.4, -0.2) is 39.2 Å². The van der Waals surface area contributed by atoms with Gasteiger partial charge in [0.15, 0.2) is 11.6 Å². The van der Waals surface area contributed by atoms with E-state index in [1.165, 1.54) is 13.2 Å². The summed E-state index contributed by atoms with van der Waals surface area (Å²) in [5.41, 5.74) is 0.938. The van der Waals surface area contributed by atoms with E-state index in [1.807, 2.05) is 6.07 Å². The van der Waals surface area contributed by atoms with E-state index >= 15 is 0 Å². The standard InChI is InChI=1S/C13H21FN2O/c1-16(2)8-4-7-15-10-11-5-6-13(17-3)12(14)9-11/h5-6,9,15H,4,7-8,10H2,1-3H3. The number of hydrogen-bond acceptors (Lipinski definition) is 3. The molecule has 4 heteroatoms. The summed E-state index contributed by atoms with van der Waals surface area (Å²) in [5, 5.41) is 3.29. The average Bonchev–Trinajstić information content (AvgIpc) is 2.28. The van der Waals surface area contributed by atoms with Crippen LogP contribution in [0.5, 0.6) is 5.75 Å². The Morgan fingerprint density at radius 1 is 1.35 bits per heavy atom. The highest BCUT2D eigenvalue weighted by Crippen LogP contribution is 2.17. The van der Waals surface area contributed by atoms with E-state index in [0.29, 0.717) is 12.3 Å². The van der Waals surface area contributed by atoms with Crippen LogP contribution in [0.1, 0.15) is 12.0 Å². The number of ether oxygens (including phenoxy) is 1. The van der Waals surface area contributed by atoms with Gasteiger partial charge in [0.05, 0.1) is 7.11 Å². The van der Waals surface area contributed by atoms with Crippen LogP contribution in [0.2, 0.25) is 0 Å². The predicted molar refractivity (Wildman–Crippen MR) is 67.8 cm³/mol. The zero-order chi connectivity index (χ0) is 12.7. The maximum atomic E-state index is 13.4. The summed E-state index contributed by atoms with van der Waals surface area (Å²) >= 11 is 0. The second-order valence-corrected chi connectivity index (χ2v) is 4.30. The quantitative estimate of drug-likeness (QED) is 0.736. The van der Waals surface area contributed by atoms with Crippen molar-refractivity contribution in [1.82, 2.24) is 10.2 Å². The highest BCUT2D eigenvalue weighted by molar-refractivity contribution is 5.29. The number of nitrogens with one attached hydrogen (secondary N) is 1. The minimum atomic E-state index is -0.305. The fourth-order valence-electron chi connectivity index (χ4n) is 1.57. The number of hydrogen-bond donors (Lipinski definition) is 1. The molecular formula is C13H21FN2O. The molecule has 1 aromatic carbocycles. The Kier molecular flexibility index (Phi) is 5.94. The van der Waals surface area contributed by atoms with Crippen molar-refractivity contribution in [2.24, 2.45) is 0 Å². The molecule has 17 heavy (non-hydrogen) atoms. The minimum absolute atomic E-state index is 0.293. The molecule has 0 spiro atoms. The van der Waals surface area contributed by atoms with Gasteiger partial charge < -0.3 is 15.0 Å². The molecule has 1 N–H and O–H groups in total. The van der Waals surface area contributed by atoms with Crippen LogP contribution in [0.25, 0.3) is 0 Å². The maximum Gasteiger partial charge on any atom is 0.165 e. The lowest BCUT2D eigenvalue weighted by Crippen LogP contribution is -2.21. The number of nitrogens with zero attached hydrogens (tertiary/aromatic N) is 1. The number of methoxy groups -OCH3 is 1. The van der Waals surface area contributed by atoms with Crippen molar-refractivity contribution < 1.29 is 9.13 Å². The SMILES string of the molecule is COc1ccc(CNCCCN(C)C)cc1F. The van der Waals surface area contributed by atoms with Gasteiger partial charge in [-0.15, -0.1) is 0 Å². The molecule has 0 amide bonds. The molecule has 0 fully saturated rings. The van der Waals surface area contributed by atoms with Crippen LogP contribution in [0.15, 0.2) is 18.2 Å². The van der Waals surface area contributed by atoms with Gasteiger partial charge in [0.2, 0.25) is 0 Å². The summed E-state index contributed by atoms with van der Waals surface area (Å²) in [7, 11) is 5.58. The maximum absolute atomic E-state index is 13.4. The highest BCUT2D eigenvalue weighted by Gasteiger charge is 2.02. The van der Waals surface area contributed by atoms with Gasteiger partial charge in [-0.05, 0) is 51.3 Å². The lowest BCUT2D eigenvalue weighted by Gasteiger charge is -2.10. The summed E-state index contributed by atoms with van der Waals surface area (Å²) < 4.78 is 18.2. The molecule has 0 radical (unpaired) electrons. The van der Waals surface area contributed by atoms with Gasteiger partial charge >= 0.3 is 0 Å². The summed E-state index contributed by atoms with van der Waals surface area (Å²) in [6.45, 7) is 2.68. The van der Waals surface area contributed by atoms with Crippen molar-refractivity contribution in [2.45, 2.75) is 13.0 Å². The van der Waals surface area contributed by atoms with E-state index in [4.69, 9.17) is 4.74 Å². The molecule has 96 valence electrons. The van der Waals surface area contributed by atoms with Gasteiger partial charge in [-0.2, -0.15) is 0 Å². The third-order valence-electron chi connectivity index (χ3n) is 2.50. The Morgan fingerprint density at radius 2 is 2.12 bits per heavy atom. The fourth-order valence-corrected chi connectivity index (χ4v) is 1.57. The molecule has 0 aromatic heterocycles. The molecule has 0 saturated carbocycles. The molecule has 0 atom stereocenters. The van der Waals surface area contributed by atoms with Crippen molar-refractivity contribution in [1.29, 1.82) is 0 Å². The Labute approximate surface area is 103 Å². The predicted octanol–water partition coefficient (Wildman–Crippen LogP) is 1.88. The molecule has 0 aliphatic heterocycles. The Bertz CT molecular complexity index is 342. The molecule has 0 heterocycles. The van der Waals surface area contributed by atoms with Crippen LogP contribution < -0.4 is 10.1 Å². The Morgan fingerprint density at radius 3 is 2.71 bits per heavy atom. The Balaban J connectivity index is 2.30. The second kappa shape index (κ2) is 7.25. The van der Waals surface area contributed by atoms with Crippen LogP contribution in [0.3, 0.4) is 0 Å². The number of rotatable bonds is 7. The van der Waals surface area contributed by atoms with Gasteiger partial charge in [-0.1, -0.05) is 6.07 Å². The largest absolute Gasteiger partial charge is 0.494 e. The molecule has 0 aliphatic rings.